The van der Waals surface area contributed by atoms with Crippen molar-refractivity contribution in [2.45, 2.75) is 6.61 Å². The number of nitrogens with two attached hydrogens (primary N) is 1. The number of hydrogen-bond acceptors (Lipinski definition) is 6. The molecule has 2 rings (SSSR count). The number of benzene rings is 1. The van der Waals surface area contributed by atoms with Crippen molar-refractivity contribution in [1.82, 2.24) is 0 Å². The van der Waals surface area contributed by atoms with Gasteiger partial charge in [0.25, 0.3) is 0 Å². The molecular formula is C15H19NO5. The Kier molecular flexibility index (Phi) is 5.74. The molecule has 1 aromatic heterocycles. The Morgan fingerprint density at radius 3 is 2.67 bits per heavy atom. The molecule has 1 heterocycles. The van der Waals surface area contributed by atoms with Crippen LogP contribution in [0.1, 0.15) is 5.56 Å². The van der Waals surface area contributed by atoms with Gasteiger partial charge in [0.1, 0.15) is 5.58 Å². The molecule has 0 bridgehead atoms. The second-order valence-corrected chi connectivity index (χ2v) is 4.50. The van der Waals surface area contributed by atoms with Crippen molar-refractivity contribution in [3.05, 3.63) is 40.2 Å². The minimum atomic E-state index is -0.414. The first-order chi connectivity index (χ1) is 10.2. The monoisotopic (exact) mass is 293 g/mol. The van der Waals surface area contributed by atoms with Crippen molar-refractivity contribution in [2.75, 3.05) is 39.3 Å². The lowest BCUT2D eigenvalue weighted by atomic mass is 10.1. The SMILES string of the molecule is COCCOCCOCc1cc(=O)oc2cc(N)ccc12. The van der Waals surface area contributed by atoms with Crippen LogP contribution in [0.15, 0.2) is 33.5 Å². The third kappa shape index (κ3) is 4.56. The van der Waals surface area contributed by atoms with E-state index in [4.69, 9.17) is 24.4 Å². The summed E-state index contributed by atoms with van der Waals surface area (Å²) < 4.78 is 20.8. The molecule has 0 saturated carbocycles. The largest absolute Gasteiger partial charge is 0.423 e. The molecule has 0 amide bonds. The van der Waals surface area contributed by atoms with Crippen LogP contribution in [0.2, 0.25) is 0 Å². The van der Waals surface area contributed by atoms with Gasteiger partial charge in [0.2, 0.25) is 0 Å². The van der Waals surface area contributed by atoms with Crippen molar-refractivity contribution in [2.24, 2.45) is 0 Å². The summed E-state index contributed by atoms with van der Waals surface area (Å²) in [5.74, 6) is 0. The standard InChI is InChI=1S/C15H19NO5/c1-18-4-5-19-6-7-20-10-11-8-15(17)21-14-9-12(16)2-3-13(11)14/h2-3,8-9H,4-7,10,16H2,1H3. The van der Waals surface area contributed by atoms with E-state index in [2.05, 4.69) is 0 Å². The smallest absolute Gasteiger partial charge is 0.336 e. The number of fused-ring (bicyclic) bond motifs is 1. The first-order valence-electron chi connectivity index (χ1n) is 6.67. The molecule has 0 aliphatic rings. The van der Waals surface area contributed by atoms with Crippen LogP contribution < -0.4 is 11.4 Å². The van der Waals surface area contributed by atoms with Gasteiger partial charge in [-0.25, -0.2) is 4.79 Å². The predicted octanol–water partition coefficient (Wildman–Crippen LogP) is 1.55. The Morgan fingerprint density at radius 2 is 1.86 bits per heavy atom. The van der Waals surface area contributed by atoms with E-state index < -0.39 is 5.63 Å². The summed E-state index contributed by atoms with van der Waals surface area (Å²) in [5, 5.41) is 0.823. The highest BCUT2D eigenvalue weighted by Crippen LogP contribution is 2.20. The third-order valence-electron chi connectivity index (χ3n) is 2.92. The molecule has 0 radical (unpaired) electrons. The topological polar surface area (TPSA) is 83.9 Å². The van der Waals surface area contributed by atoms with E-state index in [1.807, 2.05) is 6.07 Å². The average molecular weight is 293 g/mol. The first-order valence-corrected chi connectivity index (χ1v) is 6.67. The second kappa shape index (κ2) is 7.78. The van der Waals surface area contributed by atoms with Crippen LogP contribution in [0.3, 0.4) is 0 Å². The molecule has 21 heavy (non-hydrogen) atoms. The molecule has 0 atom stereocenters. The van der Waals surface area contributed by atoms with Crippen LogP contribution in [-0.4, -0.2) is 33.5 Å². The summed E-state index contributed by atoms with van der Waals surface area (Å²) in [6.45, 7) is 2.35. The normalized spacial score (nSPS) is 11.1. The van der Waals surface area contributed by atoms with Gasteiger partial charge in [-0.2, -0.15) is 0 Å². The van der Waals surface area contributed by atoms with Crippen molar-refractivity contribution >= 4 is 16.7 Å². The molecule has 2 N–H and O–H groups in total. The molecule has 6 heteroatoms. The number of rotatable bonds is 8. The highest BCUT2D eigenvalue weighted by atomic mass is 16.5. The summed E-state index contributed by atoms with van der Waals surface area (Å²) in [4.78, 5) is 11.5. The lowest BCUT2D eigenvalue weighted by Gasteiger charge is -2.08. The van der Waals surface area contributed by atoms with Crippen molar-refractivity contribution in [3.63, 3.8) is 0 Å². The number of methoxy groups -OCH3 is 1. The minimum Gasteiger partial charge on any atom is -0.423 e. The van der Waals surface area contributed by atoms with Crippen LogP contribution in [0.5, 0.6) is 0 Å². The summed E-state index contributed by atoms with van der Waals surface area (Å²) in [6, 6.07) is 6.65. The average Bonchev–Trinajstić information content (AvgIpc) is 2.45. The Labute approximate surface area is 122 Å². The van der Waals surface area contributed by atoms with Gasteiger partial charge in [-0.1, -0.05) is 0 Å². The zero-order valence-corrected chi connectivity index (χ0v) is 12.0. The fourth-order valence-electron chi connectivity index (χ4n) is 1.91. The molecular weight excluding hydrogens is 274 g/mol. The van der Waals surface area contributed by atoms with Gasteiger partial charge >= 0.3 is 5.63 Å². The van der Waals surface area contributed by atoms with Crippen LogP contribution in [0.4, 0.5) is 5.69 Å². The lowest BCUT2D eigenvalue weighted by Crippen LogP contribution is -2.09. The number of ether oxygens (including phenoxy) is 3. The van der Waals surface area contributed by atoms with Crippen LogP contribution in [0, 0.1) is 0 Å². The van der Waals surface area contributed by atoms with E-state index in [9.17, 15) is 4.79 Å². The second-order valence-electron chi connectivity index (χ2n) is 4.50. The fraction of sp³-hybridized carbons (Fsp3) is 0.400. The molecule has 0 aliphatic carbocycles. The molecule has 114 valence electrons. The van der Waals surface area contributed by atoms with E-state index in [1.54, 1.807) is 19.2 Å². The summed E-state index contributed by atoms with van der Waals surface area (Å²) in [7, 11) is 1.62. The van der Waals surface area contributed by atoms with Crippen molar-refractivity contribution < 1.29 is 18.6 Å². The Balaban J connectivity index is 1.94. The van der Waals surface area contributed by atoms with Crippen LogP contribution >= 0.6 is 0 Å². The van der Waals surface area contributed by atoms with Gasteiger partial charge in [-0.15, -0.1) is 0 Å². The highest BCUT2D eigenvalue weighted by molar-refractivity contribution is 5.82. The quantitative estimate of drug-likeness (QED) is 0.451. The number of anilines is 1. The van der Waals surface area contributed by atoms with Crippen molar-refractivity contribution in [3.8, 4) is 0 Å². The Hall–Kier alpha value is -1.89. The van der Waals surface area contributed by atoms with Gasteiger partial charge in [0.05, 0.1) is 33.0 Å². The zero-order chi connectivity index (χ0) is 15.1. The Bertz CT molecular complexity index is 637. The van der Waals surface area contributed by atoms with E-state index in [0.717, 1.165) is 10.9 Å². The summed E-state index contributed by atoms with van der Waals surface area (Å²) in [5.41, 5.74) is 7.07. The number of nitrogen functional groups attached to an aromatic ring is 1. The van der Waals surface area contributed by atoms with E-state index in [1.165, 1.54) is 6.07 Å². The third-order valence-corrected chi connectivity index (χ3v) is 2.92. The molecule has 2 aromatic rings. The molecule has 1 aromatic carbocycles. The predicted molar refractivity (Wildman–Crippen MR) is 79.2 cm³/mol. The molecule has 6 nitrogen and oxygen atoms in total. The maximum absolute atomic E-state index is 11.5. The number of hydrogen-bond donors (Lipinski definition) is 1. The molecule has 0 spiro atoms. The fourth-order valence-corrected chi connectivity index (χ4v) is 1.91. The van der Waals surface area contributed by atoms with Gasteiger partial charge in [0.15, 0.2) is 0 Å². The van der Waals surface area contributed by atoms with Gasteiger partial charge in [0, 0.05) is 30.3 Å². The zero-order valence-electron chi connectivity index (χ0n) is 12.0. The van der Waals surface area contributed by atoms with Crippen LogP contribution in [0.25, 0.3) is 11.0 Å². The molecule has 0 fully saturated rings. The highest BCUT2D eigenvalue weighted by Gasteiger charge is 2.06. The van der Waals surface area contributed by atoms with E-state index in [0.29, 0.717) is 44.3 Å². The minimum absolute atomic E-state index is 0.319. The van der Waals surface area contributed by atoms with Crippen LogP contribution in [-0.2, 0) is 20.8 Å². The van der Waals surface area contributed by atoms with Gasteiger partial charge in [-0.3, -0.25) is 0 Å². The lowest BCUT2D eigenvalue weighted by molar-refractivity contribution is 0.0201. The summed E-state index contributed by atoms with van der Waals surface area (Å²) in [6.07, 6.45) is 0. The van der Waals surface area contributed by atoms with E-state index in [-0.39, 0.29) is 0 Å². The van der Waals surface area contributed by atoms with Crippen molar-refractivity contribution in [1.29, 1.82) is 0 Å². The maximum Gasteiger partial charge on any atom is 0.336 e. The molecule has 0 saturated heterocycles. The molecule has 0 unspecified atom stereocenters. The molecule has 0 aliphatic heterocycles. The summed E-state index contributed by atoms with van der Waals surface area (Å²) >= 11 is 0. The van der Waals surface area contributed by atoms with Gasteiger partial charge in [-0.05, 0) is 17.7 Å². The Morgan fingerprint density at radius 1 is 1.10 bits per heavy atom. The first kappa shape index (κ1) is 15.5. The van der Waals surface area contributed by atoms with Gasteiger partial charge < -0.3 is 24.4 Å². The maximum atomic E-state index is 11.5. The van der Waals surface area contributed by atoms with E-state index >= 15 is 0 Å².